The van der Waals surface area contributed by atoms with E-state index in [0.29, 0.717) is 17.1 Å². The third kappa shape index (κ3) is 5.89. The molecule has 0 aromatic carbocycles. The normalized spacial score (nSPS) is 13.1. The fraction of sp³-hybridized carbons (Fsp3) is 0.615. The van der Waals surface area contributed by atoms with Crippen LogP contribution in [0.25, 0.3) is 0 Å². The summed E-state index contributed by atoms with van der Waals surface area (Å²) in [4.78, 5) is 6.18. The maximum Gasteiger partial charge on any atom is 0.131 e. The van der Waals surface area contributed by atoms with Gasteiger partial charge in [0.25, 0.3) is 0 Å². The Bertz CT molecular complexity index is 329. The summed E-state index contributed by atoms with van der Waals surface area (Å²) in [6.45, 7) is 5.49. The lowest BCUT2D eigenvalue weighted by Crippen LogP contribution is -2.33. The van der Waals surface area contributed by atoms with Gasteiger partial charge in [-0.1, -0.05) is 25.4 Å². The molecule has 96 valence electrons. The fourth-order valence-corrected chi connectivity index (χ4v) is 2.09. The summed E-state index contributed by atoms with van der Waals surface area (Å²) in [6.07, 6.45) is 2.87. The second kappa shape index (κ2) is 6.82. The van der Waals surface area contributed by atoms with Gasteiger partial charge in [0, 0.05) is 24.5 Å². The first-order valence-electron chi connectivity index (χ1n) is 6.00. The summed E-state index contributed by atoms with van der Waals surface area (Å²) >= 11 is 5.88. The van der Waals surface area contributed by atoms with Crippen LogP contribution in [-0.4, -0.2) is 36.6 Å². The van der Waals surface area contributed by atoms with E-state index in [2.05, 4.69) is 43.1 Å². The van der Waals surface area contributed by atoms with E-state index >= 15 is 0 Å². The van der Waals surface area contributed by atoms with Crippen LogP contribution in [0, 0.1) is 5.92 Å². The van der Waals surface area contributed by atoms with Crippen LogP contribution >= 0.6 is 11.6 Å². The van der Waals surface area contributed by atoms with E-state index in [0.717, 1.165) is 18.7 Å². The molecule has 0 aliphatic carbocycles. The van der Waals surface area contributed by atoms with Crippen molar-refractivity contribution in [2.45, 2.75) is 26.3 Å². The highest BCUT2D eigenvalue weighted by Gasteiger charge is 2.12. The van der Waals surface area contributed by atoms with Crippen molar-refractivity contribution < 1.29 is 0 Å². The van der Waals surface area contributed by atoms with Crippen LogP contribution < -0.4 is 5.32 Å². The van der Waals surface area contributed by atoms with Crippen molar-refractivity contribution >= 4 is 17.3 Å². The quantitative estimate of drug-likeness (QED) is 0.792. The minimum absolute atomic E-state index is 0.434. The van der Waals surface area contributed by atoms with E-state index in [1.54, 1.807) is 6.20 Å². The van der Waals surface area contributed by atoms with Gasteiger partial charge < -0.3 is 10.2 Å². The van der Waals surface area contributed by atoms with E-state index in [4.69, 9.17) is 11.6 Å². The third-order valence-corrected chi connectivity index (χ3v) is 2.65. The molecular weight excluding hydrogens is 234 g/mol. The number of anilines is 1. The Morgan fingerprint density at radius 3 is 2.65 bits per heavy atom. The van der Waals surface area contributed by atoms with Crippen molar-refractivity contribution in [3.8, 4) is 0 Å². The molecule has 1 N–H and O–H groups in total. The largest absolute Gasteiger partial charge is 0.381 e. The molecule has 1 aromatic heterocycles. The predicted octanol–water partition coefficient (Wildman–Crippen LogP) is 3.12. The van der Waals surface area contributed by atoms with Crippen LogP contribution in [0.1, 0.15) is 20.3 Å². The van der Waals surface area contributed by atoms with Gasteiger partial charge in [-0.15, -0.1) is 0 Å². The van der Waals surface area contributed by atoms with Gasteiger partial charge in [0.05, 0.1) is 0 Å². The molecule has 1 unspecified atom stereocenters. The molecule has 4 heteroatoms. The Morgan fingerprint density at radius 2 is 2.12 bits per heavy atom. The van der Waals surface area contributed by atoms with Crippen molar-refractivity contribution in [2.75, 3.05) is 26.0 Å². The number of nitrogens with zero attached hydrogens (tertiary/aromatic N) is 2. The van der Waals surface area contributed by atoms with E-state index in [1.807, 2.05) is 12.1 Å². The lowest BCUT2D eigenvalue weighted by Gasteiger charge is -2.25. The summed E-state index contributed by atoms with van der Waals surface area (Å²) in [5.41, 5.74) is 1.04. The predicted molar refractivity (Wildman–Crippen MR) is 74.7 cm³/mol. The minimum atomic E-state index is 0.434. The summed E-state index contributed by atoms with van der Waals surface area (Å²) < 4.78 is 0. The highest BCUT2D eigenvalue weighted by Crippen LogP contribution is 2.16. The molecular formula is C13H22ClN3. The summed E-state index contributed by atoms with van der Waals surface area (Å²) in [5.74, 6) is 0.671. The number of rotatable bonds is 6. The summed E-state index contributed by atoms with van der Waals surface area (Å²) in [7, 11) is 4.18. The molecule has 17 heavy (non-hydrogen) atoms. The zero-order chi connectivity index (χ0) is 12.8. The van der Waals surface area contributed by atoms with E-state index in [1.165, 1.54) is 0 Å². The average Bonchev–Trinajstić information content (AvgIpc) is 2.14. The first-order valence-corrected chi connectivity index (χ1v) is 6.38. The number of aromatic nitrogens is 1. The van der Waals surface area contributed by atoms with Crippen molar-refractivity contribution in [3.05, 3.63) is 23.5 Å². The number of halogens is 1. The molecule has 1 rings (SSSR count). The van der Waals surface area contributed by atoms with E-state index in [-0.39, 0.29) is 0 Å². The maximum atomic E-state index is 5.88. The summed E-state index contributed by atoms with van der Waals surface area (Å²) in [6, 6.07) is 4.25. The van der Waals surface area contributed by atoms with Crippen molar-refractivity contribution in [1.82, 2.24) is 9.88 Å². The molecule has 0 aliphatic rings. The Morgan fingerprint density at radius 1 is 1.41 bits per heavy atom. The molecule has 3 nitrogen and oxygen atoms in total. The molecule has 0 saturated heterocycles. The van der Waals surface area contributed by atoms with Gasteiger partial charge in [-0.3, -0.25) is 0 Å². The monoisotopic (exact) mass is 255 g/mol. The smallest absolute Gasteiger partial charge is 0.131 e. The average molecular weight is 256 g/mol. The van der Waals surface area contributed by atoms with E-state index in [9.17, 15) is 0 Å². The van der Waals surface area contributed by atoms with Crippen LogP contribution in [0.15, 0.2) is 18.3 Å². The summed E-state index contributed by atoms with van der Waals surface area (Å²) in [5, 5.41) is 4.05. The lowest BCUT2D eigenvalue weighted by molar-refractivity contribution is 0.356. The molecule has 0 fully saturated rings. The molecule has 0 spiro atoms. The molecule has 0 radical (unpaired) electrons. The molecule has 0 aliphatic heterocycles. The van der Waals surface area contributed by atoms with Crippen LogP contribution in [0.4, 0.5) is 5.69 Å². The van der Waals surface area contributed by atoms with Crippen LogP contribution in [0.3, 0.4) is 0 Å². The van der Waals surface area contributed by atoms with Crippen LogP contribution in [0.5, 0.6) is 0 Å². The highest BCUT2D eigenvalue weighted by molar-refractivity contribution is 6.29. The second-order valence-electron chi connectivity index (χ2n) is 5.10. The van der Waals surface area contributed by atoms with Crippen molar-refractivity contribution in [2.24, 2.45) is 5.92 Å². The number of pyridine rings is 1. The van der Waals surface area contributed by atoms with Crippen molar-refractivity contribution in [3.63, 3.8) is 0 Å². The molecule has 1 heterocycles. The first-order chi connectivity index (χ1) is 7.97. The fourth-order valence-electron chi connectivity index (χ4n) is 1.92. The Kier molecular flexibility index (Phi) is 5.72. The molecule has 1 aromatic rings. The number of hydrogen-bond donors (Lipinski definition) is 1. The van der Waals surface area contributed by atoms with Gasteiger partial charge in [0.1, 0.15) is 5.15 Å². The zero-order valence-corrected chi connectivity index (χ0v) is 11.8. The second-order valence-corrected chi connectivity index (χ2v) is 5.49. The van der Waals surface area contributed by atoms with Gasteiger partial charge in [0.2, 0.25) is 0 Å². The number of hydrogen-bond acceptors (Lipinski definition) is 3. The third-order valence-electron chi connectivity index (χ3n) is 2.44. The number of nitrogens with one attached hydrogen (secondary N) is 1. The SMILES string of the molecule is CC(C)CC(CN(C)C)Nc1ccnc(Cl)c1. The minimum Gasteiger partial charge on any atom is -0.381 e. The van der Waals surface area contributed by atoms with Crippen molar-refractivity contribution in [1.29, 1.82) is 0 Å². The first kappa shape index (κ1) is 14.3. The highest BCUT2D eigenvalue weighted by atomic mass is 35.5. The van der Waals surface area contributed by atoms with Crippen LogP contribution in [-0.2, 0) is 0 Å². The topological polar surface area (TPSA) is 28.2 Å². The standard InChI is InChI=1S/C13H22ClN3/c1-10(2)7-12(9-17(3)4)16-11-5-6-15-13(14)8-11/h5-6,8,10,12H,7,9H2,1-4H3,(H,15,16). The van der Waals surface area contributed by atoms with Crippen LogP contribution in [0.2, 0.25) is 5.15 Å². The molecule has 0 saturated carbocycles. The molecule has 0 amide bonds. The number of likely N-dealkylation sites (N-methyl/N-ethyl adjacent to an activating group) is 1. The zero-order valence-electron chi connectivity index (χ0n) is 11.1. The lowest BCUT2D eigenvalue weighted by atomic mass is 10.0. The van der Waals surface area contributed by atoms with Gasteiger partial charge in [-0.05, 0) is 38.6 Å². The van der Waals surface area contributed by atoms with Gasteiger partial charge in [-0.2, -0.15) is 0 Å². The van der Waals surface area contributed by atoms with E-state index < -0.39 is 0 Å². The Balaban J connectivity index is 2.64. The Hall–Kier alpha value is -0.800. The Labute approximate surface area is 109 Å². The van der Waals surface area contributed by atoms with Gasteiger partial charge in [0.15, 0.2) is 0 Å². The molecule has 1 atom stereocenters. The van der Waals surface area contributed by atoms with Gasteiger partial charge in [-0.25, -0.2) is 4.98 Å². The maximum absolute atomic E-state index is 5.88. The molecule has 0 bridgehead atoms. The van der Waals surface area contributed by atoms with Gasteiger partial charge >= 0.3 is 0 Å².